The Kier molecular flexibility index (Phi) is 3.79. The Balaban J connectivity index is 1.97. The average Bonchev–Trinajstić information content (AvgIpc) is 2.32. The van der Waals surface area contributed by atoms with Crippen molar-refractivity contribution in [2.75, 3.05) is 0 Å². The summed E-state index contributed by atoms with van der Waals surface area (Å²) in [4.78, 5) is 0. The van der Waals surface area contributed by atoms with Gasteiger partial charge in [-0.05, 0) is 43.2 Å². The molecule has 80 valence electrons. The zero-order valence-corrected chi connectivity index (χ0v) is 11.6. The van der Waals surface area contributed by atoms with Crippen molar-refractivity contribution in [3.8, 4) is 0 Å². The molecule has 1 aliphatic rings. The summed E-state index contributed by atoms with van der Waals surface area (Å²) in [7, 11) is 1.32. The molecular formula is C14H20Si. The Bertz CT molecular complexity index is 316. The van der Waals surface area contributed by atoms with Gasteiger partial charge in [0.1, 0.15) is 0 Å². The van der Waals surface area contributed by atoms with Crippen LogP contribution in [0, 0.1) is 0 Å². The molecular weight excluding hydrogens is 196 g/mol. The second-order valence-electron chi connectivity index (χ2n) is 4.46. The summed E-state index contributed by atoms with van der Waals surface area (Å²) in [5, 5.41) is 0. The van der Waals surface area contributed by atoms with Crippen molar-refractivity contribution in [3.63, 3.8) is 0 Å². The molecule has 0 unspecified atom stereocenters. The summed E-state index contributed by atoms with van der Waals surface area (Å²) in [6.45, 7) is 0. The van der Waals surface area contributed by atoms with Crippen LogP contribution in [-0.4, -0.2) is 10.2 Å². The third-order valence-electron chi connectivity index (χ3n) is 3.39. The lowest BCUT2D eigenvalue weighted by Gasteiger charge is -2.24. The maximum absolute atomic E-state index is 2.48. The summed E-state index contributed by atoms with van der Waals surface area (Å²) in [5.41, 5.74) is 3.26. The summed E-state index contributed by atoms with van der Waals surface area (Å²) < 4.78 is 0. The fourth-order valence-electron chi connectivity index (χ4n) is 2.54. The van der Waals surface area contributed by atoms with Gasteiger partial charge in [-0.15, -0.1) is 0 Å². The Morgan fingerprint density at radius 3 is 2.40 bits per heavy atom. The van der Waals surface area contributed by atoms with E-state index in [1.165, 1.54) is 42.0 Å². The van der Waals surface area contributed by atoms with Crippen LogP contribution in [0.4, 0.5) is 0 Å². The van der Waals surface area contributed by atoms with E-state index in [0.717, 1.165) is 5.92 Å². The zero-order valence-electron chi connectivity index (χ0n) is 9.58. The highest BCUT2D eigenvalue weighted by Crippen LogP contribution is 2.35. The topological polar surface area (TPSA) is 0 Å². The van der Waals surface area contributed by atoms with Crippen LogP contribution in [0.3, 0.4) is 0 Å². The van der Waals surface area contributed by atoms with E-state index in [1.807, 2.05) is 0 Å². The van der Waals surface area contributed by atoms with Crippen molar-refractivity contribution >= 4 is 10.2 Å². The van der Waals surface area contributed by atoms with Gasteiger partial charge >= 0.3 is 0 Å². The first-order valence-electron chi connectivity index (χ1n) is 6.13. The molecule has 0 nitrogen and oxygen atoms in total. The summed E-state index contributed by atoms with van der Waals surface area (Å²) in [5.74, 6) is 0.817. The van der Waals surface area contributed by atoms with Gasteiger partial charge in [-0.3, -0.25) is 0 Å². The minimum atomic E-state index is 0.817. The molecule has 0 aliphatic heterocycles. The molecule has 0 heterocycles. The number of rotatable bonds is 2. The zero-order chi connectivity index (χ0) is 10.5. The molecule has 0 amide bonds. The molecule has 1 aromatic carbocycles. The highest BCUT2D eigenvalue weighted by atomic mass is 28.1. The monoisotopic (exact) mass is 216 g/mol. The Labute approximate surface area is 95.8 Å². The molecule has 0 atom stereocenters. The number of hydrogen-bond donors (Lipinski definition) is 0. The molecule has 1 aromatic rings. The minimum absolute atomic E-state index is 0.817. The van der Waals surface area contributed by atoms with E-state index in [0.29, 0.717) is 0 Å². The Hall–Kier alpha value is -0.823. The molecule has 15 heavy (non-hydrogen) atoms. The molecule has 0 radical (unpaired) electrons. The quantitative estimate of drug-likeness (QED) is 0.526. The van der Waals surface area contributed by atoms with E-state index >= 15 is 0 Å². The van der Waals surface area contributed by atoms with Gasteiger partial charge in [-0.25, -0.2) is 0 Å². The Morgan fingerprint density at radius 1 is 1.13 bits per heavy atom. The molecule has 2 rings (SSSR count). The fourth-order valence-corrected chi connectivity index (χ4v) is 3.12. The van der Waals surface area contributed by atoms with Crippen LogP contribution in [0.2, 0.25) is 6.04 Å². The molecule has 1 heteroatoms. The van der Waals surface area contributed by atoms with Crippen LogP contribution in [0.15, 0.2) is 42.0 Å². The second-order valence-corrected chi connectivity index (χ2v) is 5.27. The number of allylic oxidation sites excluding steroid dienone is 2. The summed E-state index contributed by atoms with van der Waals surface area (Å²) in [6, 6.07) is 12.3. The fraction of sp³-hybridized carbons (Fsp3) is 0.429. The maximum atomic E-state index is 2.48. The maximum Gasteiger partial charge on any atom is 0.00756 e. The lowest BCUT2D eigenvalue weighted by Crippen LogP contribution is -2.06. The van der Waals surface area contributed by atoms with E-state index < -0.39 is 0 Å². The van der Waals surface area contributed by atoms with Crippen molar-refractivity contribution in [1.29, 1.82) is 0 Å². The third-order valence-corrected chi connectivity index (χ3v) is 3.80. The van der Waals surface area contributed by atoms with Crippen molar-refractivity contribution in [1.82, 2.24) is 0 Å². The first kappa shape index (κ1) is 10.7. The van der Waals surface area contributed by atoms with Crippen LogP contribution in [-0.2, 0) is 0 Å². The van der Waals surface area contributed by atoms with Gasteiger partial charge in [0.05, 0.1) is 0 Å². The first-order chi connectivity index (χ1) is 7.40. The molecule has 0 aromatic heterocycles. The smallest absolute Gasteiger partial charge is 0.00756 e. The highest BCUT2D eigenvalue weighted by molar-refractivity contribution is 6.09. The van der Waals surface area contributed by atoms with Crippen molar-refractivity contribution in [3.05, 3.63) is 47.5 Å². The Morgan fingerprint density at radius 2 is 1.80 bits per heavy atom. The van der Waals surface area contributed by atoms with Gasteiger partial charge in [0.2, 0.25) is 0 Å². The van der Waals surface area contributed by atoms with E-state index in [9.17, 15) is 0 Å². The summed E-state index contributed by atoms with van der Waals surface area (Å²) in [6.07, 6.45) is 7.87. The standard InChI is InChI=1S/C14H20Si/c15-11-10-12-6-8-14(9-7-12)13-4-2-1-3-5-13/h1-5,10,14H,6-9,11H2,15H3. The third kappa shape index (κ3) is 2.82. The normalized spacial score (nSPS) is 21.6. The second kappa shape index (κ2) is 5.31. The van der Waals surface area contributed by atoms with E-state index in [2.05, 4.69) is 36.4 Å². The van der Waals surface area contributed by atoms with Crippen LogP contribution in [0.5, 0.6) is 0 Å². The molecule has 0 saturated heterocycles. The largest absolute Gasteiger partial charge is 0.0889 e. The van der Waals surface area contributed by atoms with Crippen molar-refractivity contribution in [2.45, 2.75) is 37.6 Å². The van der Waals surface area contributed by atoms with Gasteiger partial charge in [-0.2, -0.15) is 0 Å². The molecule has 1 fully saturated rings. The molecule has 1 saturated carbocycles. The number of benzene rings is 1. The first-order valence-corrected chi connectivity index (χ1v) is 7.54. The van der Waals surface area contributed by atoms with Crippen LogP contribution in [0.1, 0.15) is 37.2 Å². The van der Waals surface area contributed by atoms with Gasteiger partial charge < -0.3 is 0 Å². The van der Waals surface area contributed by atoms with E-state index in [-0.39, 0.29) is 0 Å². The van der Waals surface area contributed by atoms with E-state index in [4.69, 9.17) is 0 Å². The van der Waals surface area contributed by atoms with Gasteiger partial charge in [-0.1, -0.05) is 42.0 Å². The van der Waals surface area contributed by atoms with Gasteiger partial charge in [0.15, 0.2) is 0 Å². The lowest BCUT2D eigenvalue weighted by molar-refractivity contribution is 0.516. The SMILES string of the molecule is [SiH3]CC=C1CCC(c2ccccc2)CC1. The molecule has 0 bridgehead atoms. The molecule has 0 spiro atoms. The van der Waals surface area contributed by atoms with Crippen LogP contribution < -0.4 is 0 Å². The lowest BCUT2D eigenvalue weighted by atomic mass is 9.81. The number of hydrogen-bond acceptors (Lipinski definition) is 0. The van der Waals surface area contributed by atoms with Gasteiger partial charge in [0.25, 0.3) is 0 Å². The van der Waals surface area contributed by atoms with Crippen molar-refractivity contribution in [2.24, 2.45) is 0 Å². The predicted molar refractivity (Wildman–Crippen MR) is 70.5 cm³/mol. The molecule has 1 aliphatic carbocycles. The average molecular weight is 216 g/mol. The van der Waals surface area contributed by atoms with Crippen molar-refractivity contribution < 1.29 is 0 Å². The minimum Gasteiger partial charge on any atom is -0.0889 e. The summed E-state index contributed by atoms with van der Waals surface area (Å²) >= 11 is 0. The van der Waals surface area contributed by atoms with Gasteiger partial charge in [0, 0.05) is 10.2 Å². The van der Waals surface area contributed by atoms with Crippen LogP contribution in [0.25, 0.3) is 0 Å². The van der Waals surface area contributed by atoms with Crippen LogP contribution >= 0.6 is 0 Å². The highest BCUT2D eigenvalue weighted by Gasteiger charge is 2.17. The predicted octanol–water partition coefficient (Wildman–Crippen LogP) is 3.05. The molecule has 0 N–H and O–H groups in total. The van der Waals surface area contributed by atoms with E-state index in [1.54, 1.807) is 11.1 Å².